The van der Waals surface area contributed by atoms with Crippen LogP contribution in [0, 0.1) is 5.92 Å². The van der Waals surface area contributed by atoms with E-state index in [2.05, 4.69) is 47.9 Å². The van der Waals surface area contributed by atoms with Crippen molar-refractivity contribution in [2.75, 3.05) is 12.8 Å². The number of hydrogen-bond acceptors (Lipinski definition) is 9. The van der Waals surface area contributed by atoms with Crippen molar-refractivity contribution in [1.29, 1.82) is 0 Å². The molecule has 0 aliphatic heterocycles. The maximum Gasteiger partial charge on any atom is 0.292 e. The minimum absolute atomic E-state index is 0.0135. The van der Waals surface area contributed by atoms with Crippen molar-refractivity contribution in [2.24, 2.45) is 11.0 Å². The van der Waals surface area contributed by atoms with Gasteiger partial charge in [0.25, 0.3) is 5.91 Å². The number of hydrogen-bond donors (Lipinski definition) is 2. The zero-order chi connectivity index (χ0) is 17.6. The Hall–Kier alpha value is -3.08. The number of aromatic nitrogens is 5. The first-order valence-electron chi connectivity index (χ1n) is 7.71. The van der Waals surface area contributed by atoms with E-state index >= 15 is 0 Å². The van der Waals surface area contributed by atoms with Crippen molar-refractivity contribution in [2.45, 2.75) is 25.9 Å². The minimum atomic E-state index is -0.512. The lowest BCUT2D eigenvalue weighted by Gasteiger charge is -2.11. The molecule has 3 N–H and O–H groups in total. The zero-order valence-corrected chi connectivity index (χ0v) is 13.6. The first kappa shape index (κ1) is 16.8. The SMILES string of the molecule is COCc1nnn(-c2nonc2N)c1C(=O)NN=CC1CC=CCC1. The van der Waals surface area contributed by atoms with Gasteiger partial charge in [-0.05, 0) is 35.5 Å². The first-order valence-corrected chi connectivity index (χ1v) is 7.71. The molecule has 11 nitrogen and oxygen atoms in total. The Balaban J connectivity index is 1.80. The standard InChI is InChI=1S/C14H18N8O3/c1-24-8-10-11(22(21-17-10)13-12(15)19-25-20-13)14(23)18-16-7-9-5-3-2-4-6-9/h2-3,7,9H,4-6,8H2,1H3,(H2,15,19)(H,18,23). The number of nitrogens with two attached hydrogens (primary N) is 1. The van der Waals surface area contributed by atoms with Gasteiger partial charge >= 0.3 is 0 Å². The van der Waals surface area contributed by atoms with Crippen molar-refractivity contribution < 1.29 is 14.2 Å². The normalized spacial score (nSPS) is 17.2. The third-order valence-corrected chi connectivity index (χ3v) is 3.69. The molecular weight excluding hydrogens is 328 g/mol. The van der Waals surface area contributed by atoms with E-state index in [-0.39, 0.29) is 23.9 Å². The van der Waals surface area contributed by atoms with Crippen LogP contribution >= 0.6 is 0 Å². The molecule has 132 valence electrons. The molecular formula is C14H18N8O3. The highest BCUT2D eigenvalue weighted by Gasteiger charge is 2.24. The molecule has 1 aliphatic carbocycles. The second-order valence-corrected chi connectivity index (χ2v) is 5.47. The second-order valence-electron chi connectivity index (χ2n) is 5.47. The van der Waals surface area contributed by atoms with E-state index in [1.807, 2.05) is 0 Å². The van der Waals surface area contributed by atoms with Crippen molar-refractivity contribution in [3.8, 4) is 5.82 Å². The summed E-state index contributed by atoms with van der Waals surface area (Å²) in [6, 6.07) is 0. The Morgan fingerprint density at radius 2 is 2.44 bits per heavy atom. The van der Waals surface area contributed by atoms with E-state index in [1.165, 1.54) is 7.11 Å². The summed E-state index contributed by atoms with van der Waals surface area (Å²) in [5.74, 6) is -0.147. The van der Waals surface area contributed by atoms with Gasteiger partial charge in [0.1, 0.15) is 5.69 Å². The van der Waals surface area contributed by atoms with Crippen LogP contribution in [0.3, 0.4) is 0 Å². The van der Waals surface area contributed by atoms with Gasteiger partial charge < -0.3 is 10.5 Å². The number of amides is 1. The average Bonchev–Trinajstić information content (AvgIpc) is 3.22. The highest BCUT2D eigenvalue weighted by atomic mass is 16.6. The Morgan fingerprint density at radius 1 is 1.56 bits per heavy atom. The van der Waals surface area contributed by atoms with Crippen LogP contribution in [0.4, 0.5) is 5.82 Å². The van der Waals surface area contributed by atoms with Crippen molar-refractivity contribution in [3.63, 3.8) is 0 Å². The smallest absolute Gasteiger partial charge is 0.292 e. The maximum atomic E-state index is 12.6. The lowest BCUT2D eigenvalue weighted by Crippen LogP contribution is -2.24. The molecule has 0 radical (unpaired) electrons. The molecule has 11 heteroatoms. The number of carbonyl (C=O) groups excluding carboxylic acids is 1. The van der Waals surface area contributed by atoms with Crippen molar-refractivity contribution >= 4 is 17.9 Å². The largest absolute Gasteiger partial charge is 0.378 e. The van der Waals surface area contributed by atoms with Gasteiger partial charge in [0.2, 0.25) is 11.6 Å². The van der Waals surface area contributed by atoms with Gasteiger partial charge in [-0.3, -0.25) is 4.79 Å². The summed E-state index contributed by atoms with van der Waals surface area (Å²) in [7, 11) is 1.49. The van der Waals surface area contributed by atoms with E-state index < -0.39 is 5.91 Å². The molecule has 1 atom stereocenters. The minimum Gasteiger partial charge on any atom is -0.378 e. The molecule has 0 fully saturated rings. The molecule has 1 unspecified atom stereocenters. The number of methoxy groups -OCH3 is 1. The van der Waals surface area contributed by atoms with E-state index in [0.717, 1.165) is 23.9 Å². The molecule has 1 amide bonds. The van der Waals surface area contributed by atoms with Crippen molar-refractivity contribution in [1.82, 2.24) is 30.7 Å². The molecule has 1 aliphatic rings. The van der Waals surface area contributed by atoms with Gasteiger partial charge in [-0.2, -0.15) is 9.78 Å². The third-order valence-electron chi connectivity index (χ3n) is 3.69. The van der Waals surface area contributed by atoms with E-state index in [4.69, 9.17) is 10.5 Å². The van der Waals surface area contributed by atoms with E-state index in [9.17, 15) is 4.79 Å². The summed E-state index contributed by atoms with van der Waals surface area (Å²) >= 11 is 0. The van der Waals surface area contributed by atoms with E-state index in [1.54, 1.807) is 6.21 Å². The fraction of sp³-hybridized carbons (Fsp3) is 0.429. The average molecular weight is 346 g/mol. The van der Waals surface area contributed by atoms with Crippen LogP contribution in [0.5, 0.6) is 0 Å². The number of ether oxygens (including phenoxy) is 1. The molecule has 2 heterocycles. The Morgan fingerprint density at radius 3 is 3.12 bits per heavy atom. The molecule has 0 saturated carbocycles. The van der Waals surface area contributed by atoms with Crippen molar-refractivity contribution in [3.05, 3.63) is 23.5 Å². The molecule has 0 bridgehead atoms. The zero-order valence-electron chi connectivity index (χ0n) is 13.6. The van der Waals surface area contributed by atoms with Gasteiger partial charge in [-0.1, -0.05) is 17.4 Å². The van der Waals surface area contributed by atoms with Crippen LogP contribution in [0.1, 0.15) is 35.4 Å². The van der Waals surface area contributed by atoms with Gasteiger partial charge in [-0.15, -0.1) is 5.10 Å². The number of hydrazone groups is 1. The van der Waals surface area contributed by atoms with Gasteiger partial charge in [0.15, 0.2) is 5.69 Å². The van der Waals surface area contributed by atoms with Gasteiger partial charge in [0.05, 0.1) is 6.61 Å². The van der Waals surface area contributed by atoms with Crippen LogP contribution in [0.2, 0.25) is 0 Å². The molecule has 0 aromatic carbocycles. The molecule has 25 heavy (non-hydrogen) atoms. The summed E-state index contributed by atoms with van der Waals surface area (Å²) < 4.78 is 10.7. The first-order chi connectivity index (χ1) is 12.2. The molecule has 0 spiro atoms. The monoisotopic (exact) mass is 346 g/mol. The fourth-order valence-electron chi connectivity index (χ4n) is 2.47. The summed E-state index contributed by atoms with van der Waals surface area (Å²) in [5.41, 5.74) is 8.57. The van der Waals surface area contributed by atoms with Crippen LogP contribution in [0.25, 0.3) is 5.82 Å². The molecule has 2 aromatic heterocycles. The number of nitrogens with zero attached hydrogens (tertiary/aromatic N) is 6. The van der Waals surface area contributed by atoms with Crippen LogP contribution in [-0.2, 0) is 11.3 Å². The van der Waals surface area contributed by atoms with Crippen LogP contribution < -0.4 is 11.2 Å². The van der Waals surface area contributed by atoms with E-state index in [0.29, 0.717) is 11.6 Å². The topological polar surface area (TPSA) is 146 Å². The second kappa shape index (κ2) is 7.66. The summed E-state index contributed by atoms with van der Waals surface area (Å²) in [6.45, 7) is 0.0884. The number of anilines is 1. The highest BCUT2D eigenvalue weighted by Crippen LogP contribution is 2.17. The van der Waals surface area contributed by atoms with Crippen LogP contribution in [0.15, 0.2) is 21.9 Å². The number of nitrogen functional groups attached to an aromatic ring is 1. The fourth-order valence-corrected chi connectivity index (χ4v) is 2.47. The number of allylic oxidation sites excluding steroid dienone is 2. The summed E-state index contributed by atoms with van der Waals surface area (Å²) in [6.07, 6.45) is 8.91. The summed E-state index contributed by atoms with van der Waals surface area (Å²) in [4.78, 5) is 12.6. The Bertz CT molecular complexity index is 794. The Labute approximate surface area is 142 Å². The van der Waals surface area contributed by atoms with Gasteiger partial charge in [-0.25, -0.2) is 10.1 Å². The molecule has 2 aromatic rings. The van der Waals surface area contributed by atoms with Crippen LogP contribution in [-0.4, -0.2) is 44.5 Å². The maximum absolute atomic E-state index is 12.6. The number of rotatable bonds is 6. The predicted molar refractivity (Wildman–Crippen MR) is 86.8 cm³/mol. The van der Waals surface area contributed by atoms with Gasteiger partial charge in [0, 0.05) is 13.3 Å². The summed E-state index contributed by atoms with van der Waals surface area (Å²) in [5, 5.41) is 19.0. The molecule has 3 rings (SSSR count). The lowest BCUT2D eigenvalue weighted by molar-refractivity contribution is 0.0941. The molecule has 0 saturated heterocycles. The number of carbonyl (C=O) groups is 1. The predicted octanol–water partition coefficient (Wildman–Crippen LogP) is 0.451. The lowest BCUT2D eigenvalue weighted by atomic mass is 9.96. The third kappa shape index (κ3) is 3.71. The highest BCUT2D eigenvalue weighted by molar-refractivity contribution is 5.94. The quantitative estimate of drug-likeness (QED) is 0.435. The number of nitrogens with one attached hydrogen (secondary N) is 1. The Kier molecular flexibility index (Phi) is 5.14.